The number of halogens is 6. The Balaban J connectivity index is 0.000000172. The predicted molar refractivity (Wildman–Crippen MR) is 206 cm³/mol. The van der Waals surface area contributed by atoms with Crippen molar-refractivity contribution in [3.8, 4) is 0 Å². The molecule has 2 unspecified atom stereocenters. The third-order valence-corrected chi connectivity index (χ3v) is 9.95. The van der Waals surface area contributed by atoms with Crippen molar-refractivity contribution in [1.29, 1.82) is 0 Å². The number of rotatable bonds is 8. The highest BCUT2D eigenvalue weighted by Crippen LogP contribution is 2.48. The van der Waals surface area contributed by atoms with Gasteiger partial charge in [0.1, 0.15) is 0 Å². The summed E-state index contributed by atoms with van der Waals surface area (Å²) >= 11 is 0. The first kappa shape index (κ1) is 38.2. The summed E-state index contributed by atoms with van der Waals surface area (Å²) in [4.78, 5) is 0. The molecule has 2 aromatic heterocycles. The van der Waals surface area contributed by atoms with Crippen LogP contribution in [0.1, 0.15) is 33.4 Å². The van der Waals surface area contributed by atoms with Crippen LogP contribution in [-0.2, 0) is 24.3 Å². The summed E-state index contributed by atoms with van der Waals surface area (Å²) in [5.74, 6) is 0. The van der Waals surface area contributed by atoms with Gasteiger partial charge < -0.3 is 19.3 Å². The van der Waals surface area contributed by atoms with Gasteiger partial charge in [-0.3, -0.25) is 0 Å². The van der Waals surface area contributed by atoms with E-state index in [0.29, 0.717) is 34.9 Å². The molecule has 0 saturated heterocycles. The van der Waals surface area contributed by atoms with Crippen LogP contribution in [0.2, 0.25) is 0 Å². The molecule has 0 saturated carbocycles. The van der Waals surface area contributed by atoms with Gasteiger partial charge in [-0.2, -0.15) is 26.3 Å². The molecular weight excluding hydrogens is 727 g/mol. The van der Waals surface area contributed by atoms with Crippen LogP contribution < -0.4 is 0 Å². The number of alkyl halides is 6. The van der Waals surface area contributed by atoms with Crippen LogP contribution in [0.4, 0.5) is 26.3 Å². The standard InChI is InChI=1S/2C23H18F3NO/c2*24-23(25,26)22(28,18-11-5-2-6-12-18)20-16-27(15-17-9-3-1-4-10-17)21-14-8-7-13-19(20)21/h2*1-14,16,28H,15H2. The number of fused-ring (bicyclic) bond motifs is 2. The van der Waals surface area contributed by atoms with Gasteiger partial charge in [-0.1, -0.05) is 158 Å². The van der Waals surface area contributed by atoms with E-state index < -0.39 is 23.6 Å². The maximum atomic E-state index is 14.2. The Kier molecular flexibility index (Phi) is 10.4. The maximum absolute atomic E-state index is 14.2. The van der Waals surface area contributed by atoms with E-state index in [2.05, 4.69) is 0 Å². The van der Waals surface area contributed by atoms with E-state index >= 15 is 0 Å². The highest BCUT2D eigenvalue weighted by molar-refractivity contribution is 5.86. The van der Waals surface area contributed by atoms with E-state index in [0.717, 1.165) is 11.1 Å². The Morgan fingerprint density at radius 1 is 0.375 bits per heavy atom. The van der Waals surface area contributed by atoms with Crippen molar-refractivity contribution >= 4 is 21.8 Å². The number of hydrogen-bond acceptors (Lipinski definition) is 2. The molecule has 0 aliphatic carbocycles. The second kappa shape index (κ2) is 15.2. The van der Waals surface area contributed by atoms with Crippen molar-refractivity contribution in [3.05, 3.63) is 216 Å². The number of nitrogens with zero attached hydrogens (tertiary/aromatic N) is 2. The molecule has 2 atom stereocenters. The van der Waals surface area contributed by atoms with Crippen LogP contribution in [0.15, 0.2) is 182 Å². The van der Waals surface area contributed by atoms with Gasteiger partial charge >= 0.3 is 12.4 Å². The molecule has 0 amide bonds. The Bertz CT molecular complexity index is 2350. The van der Waals surface area contributed by atoms with Crippen LogP contribution in [0.25, 0.3) is 21.8 Å². The molecule has 8 aromatic rings. The molecular formula is C46H36F6N2O2. The Hall–Kier alpha value is -6.10. The van der Waals surface area contributed by atoms with Crippen molar-refractivity contribution < 1.29 is 36.6 Å². The molecule has 56 heavy (non-hydrogen) atoms. The van der Waals surface area contributed by atoms with Crippen LogP contribution in [-0.4, -0.2) is 31.7 Å². The second-order valence-electron chi connectivity index (χ2n) is 13.5. The van der Waals surface area contributed by atoms with Crippen molar-refractivity contribution in [1.82, 2.24) is 9.13 Å². The van der Waals surface area contributed by atoms with Crippen LogP contribution in [0, 0.1) is 0 Å². The number of para-hydroxylation sites is 2. The molecule has 0 spiro atoms. The summed E-state index contributed by atoms with van der Waals surface area (Å²) in [5.41, 5.74) is -3.74. The van der Waals surface area contributed by atoms with Crippen LogP contribution in [0.5, 0.6) is 0 Å². The lowest BCUT2D eigenvalue weighted by Crippen LogP contribution is -2.43. The van der Waals surface area contributed by atoms with Crippen molar-refractivity contribution in [2.24, 2.45) is 0 Å². The Labute approximate surface area is 319 Å². The first-order chi connectivity index (χ1) is 26.8. The second-order valence-corrected chi connectivity index (χ2v) is 13.5. The van der Waals surface area contributed by atoms with Gasteiger partial charge in [-0.25, -0.2) is 0 Å². The molecule has 2 heterocycles. The third kappa shape index (κ3) is 7.09. The number of aliphatic hydroxyl groups is 2. The number of hydrogen-bond donors (Lipinski definition) is 2. The van der Waals surface area contributed by atoms with Gasteiger partial charge in [0.05, 0.1) is 0 Å². The van der Waals surface area contributed by atoms with Crippen LogP contribution >= 0.6 is 0 Å². The molecule has 0 radical (unpaired) electrons. The minimum Gasteiger partial charge on any atom is -0.372 e. The summed E-state index contributed by atoms with van der Waals surface area (Å²) in [5, 5.41) is 22.8. The molecule has 0 fully saturated rings. The van der Waals surface area contributed by atoms with Crippen LogP contribution in [0.3, 0.4) is 0 Å². The fraction of sp³-hybridized carbons (Fsp3) is 0.130. The molecule has 6 aromatic carbocycles. The summed E-state index contributed by atoms with van der Waals surface area (Å²) in [6.07, 6.45) is -6.93. The Morgan fingerprint density at radius 2 is 0.661 bits per heavy atom. The van der Waals surface area contributed by atoms with E-state index in [4.69, 9.17) is 0 Å². The van der Waals surface area contributed by atoms with Gasteiger partial charge in [-0.15, -0.1) is 0 Å². The van der Waals surface area contributed by atoms with Crippen molar-refractivity contribution in [2.45, 2.75) is 36.6 Å². The average Bonchev–Trinajstić information content (AvgIpc) is 3.77. The molecule has 2 N–H and O–H groups in total. The molecule has 8 rings (SSSR count). The van der Waals surface area contributed by atoms with E-state index in [9.17, 15) is 36.6 Å². The zero-order valence-electron chi connectivity index (χ0n) is 29.8. The third-order valence-electron chi connectivity index (χ3n) is 9.95. The van der Waals surface area contributed by atoms with Gasteiger partial charge in [-0.05, 0) is 34.4 Å². The van der Waals surface area contributed by atoms with Gasteiger partial charge in [0.15, 0.2) is 0 Å². The predicted octanol–water partition coefficient (Wildman–Crippen LogP) is 11.0. The first-order valence-electron chi connectivity index (χ1n) is 17.8. The summed E-state index contributed by atoms with van der Waals surface area (Å²) < 4.78 is 88.6. The molecule has 284 valence electrons. The van der Waals surface area contributed by atoms with E-state index in [-0.39, 0.29) is 22.3 Å². The number of benzene rings is 6. The van der Waals surface area contributed by atoms with Gasteiger partial charge in [0.2, 0.25) is 11.2 Å². The fourth-order valence-corrected chi connectivity index (χ4v) is 7.19. The van der Waals surface area contributed by atoms with E-state index in [1.54, 1.807) is 69.8 Å². The fourth-order valence-electron chi connectivity index (χ4n) is 7.19. The quantitative estimate of drug-likeness (QED) is 0.152. The van der Waals surface area contributed by atoms with Crippen molar-refractivity contribution in [2.75, 3.05) is 0 Å². The minimum absolute atomic E-state index is 0.169. The minimum atomic E-state index is -4.88. The zero-order chi connectivity index (χ0) is 39.6. The smallest absolute Gasteiger partial charge is 0.372 e. The SMILES string of the molecule is OC(c1ccccc1)(c1cn(Cc2ccccc2)c2ccccc12)C(F)(F)F.OC(c1ccccc1)(c1cn(Cc2ccccc2)c2ccccc12)C(F)(F)F. The molecule has 0 bridgehead atoms. The molecule has 0 aliphatic heterocycles. The lowest BCUT2D eigenvalue weighted by molar-refractivity contribution is -0.248. The molecule has 10 heteroatoms. The average molecular weight is 763 g/mol. The van der Waals surface area contributed by atoms with Gasteiger partial charge in [0.25, 0.3) is 0 Å². The maximum Gasteiger partial charge on any atom is 0.425 e. The van der Waals surface area contributed by atoms with Crippen molar-refractivity contribution in [3.63, 3.8) is 0 Å². The topological polar surface area (TPSA) is 50.3 Å². The zero-order valence-corrected chi connectivity index (χ0v) is 29.8. The summed E-state index contributed by atoms with van der Waals surface area (Å²) in [6, 6.07) is 47.1. The highest BCUT2D eigenvalue weighted by Gasteiger charge is 2.58. The lowest BCUT2D eigenvalue weighted by atomic mass is 9.85. The molecule has 4 nitrogen and oxygen atoms in total. The first-order valence-corrected chi connectivity index (χ1v) is 17.8. The normalized spacial score (nSPS) is 14.1. The number of aromatic nitrogens is 2. The highest BCUT2D eigenvalue weighted by atomic mass is 19.4. The summed E-state index contributed by atoms with van der Waals surface area (Å²) in [6.45, 7) is 0.814. The summed E-state index contributed by atoms with van der Waals surface area (Å²) in [7, 11) is 0. The Morgan fingerprint density at radius 3 is 0.982 bits per heavy atom. The van der Waals surface area contributed by atoms with Gasteiger partial charge in [0, 0.05) is 58.4 Å². The largest absolute Gasteiger partial charge is 0.425 e. The molecule has 0 aliphatic rings. The van der Waals surface area contributed by atoms with E-state index in [1.807, 2.05) is 60.7 Å². The monoisotopic (exact) mass is 762 g/mol. The van der Waals surface area contributed by atoms with E-state index in [1.165, 1.54) is 60.9 Å². The lowest BCUT2D eigenvalue weighted by Gasteiger charge is -2.31.